The van der Waals surface area contributed by atoms with Crippen molar-refractivity contribution < 1.29 is 18.7 Å². The highest BCUT2D eigenvalue weighted by molar-refractivity contribution is 6.10. The van der Waals surface area contributed by atoms with E-state index in [0.29, 0.717) is 34.0 Å². The van der Waals surface area contributed by atoms with Gasteiger partial charge in [0.1, 0.15) is 29.0 Å². The molecule has 0 spiro atoms. The third-order valence-electron chi connectivity index (χ3n) is 4.12. The zero-order valence-electron chi connectivity index (χ0n) is 15.7. The molecule has 0 fully saturated rings. The summed E-state index contributed by atoms with van der Waals surface area (Å²) in [5, 5.41) is 18.9. The molecule has 7 nitrogen and oxygen atoms in total. The van der Waals surface area contributed by atoms with Crippen molar-refractivity contribution in [2.24, 2.45) is 0 Å². The number of carbonyl (C=O) groups is 1. The number of hydrogen-bond donors (Lipinski definition) is 2. The lowest BCUT2D eigenvalue weighted by Crippen LogP contribution is -2.14. The summed E-state index contributed by atoms with van der Waals surface area (Å²) >= 11 is 0. The Labute approximate surface area is 166 Å². The second-order valence-corrected chi connectivity index (χ2v) is 5.90. The number of amides is 1. The van der Waals surface area contributed by atoms with Crippen LogP contribution in [0.5, 0.6) is 11.5 Å². The number of methoxy groups -OCH3 is 2. The third-order valence-corrected chi connectivity index (χ3v) is 4.12. The number of anilines is 1. The Morgan fingerprint density at radius 2 is 1.97 bits per heavy atom. The van der Waals surface area contributed by atoms with E-state index in [0.717, 1.165) is 0 Å². The first kappa shape index (κ1) is 19.6. The van der Waals surface area contributed by atoms with Crippen molar-refractivity contribution in [3.05, 3.63) is 65.6 Å². The number of nitrogens with one attached hydrogen (secondary N) is 2. The smallest absolute Gasteiger partial charge is 0.266 e. The van der Waals surface area contributed by atoms with Gasteiger partial charge in [-0.25, -0.2) is 4.39 Å². The first-order valence-corrected chi connectivity index (χ1v) is 8.50. The molecule has 0 aliphatic heterocycles. The molecule has 0 radical (unpaired) electrons. The molecule has 146 valence electrons. The van der Waals surface area contributed by atoms with Crippen LogP contribution in [0.1, 0.15) is 5.56 Å². The van der Waals surface area contributed by atoms with Crippen molar-refractivity contribution in [2.45, 2.75) is 0 Å². The zero-order valence-corrected chi connectivity index (χ0v) is 15.7. The first-order valence-electron chi connectivity index (χ1n) is 8.50. The fraction of sp³-hybridized carbons (Fsp3) is 0.0952. The molecule has 3 rings (SSSR count). The maximum atomic E-state index is 13.2. The predicted octanol–water partition coefficient (Wildman–Crippen LogP) is 3.78. The van der Waals surface area contributed by atoms with Crippen molar-refractivity contribution >= 4 is 17.7 Å². The van der Waals surface area contributed by atoms with Crippen molar-refractivity contribution in [3.63, 3.8) is 0 Å². The van der Waals surface area contributed by atoms with Gasteiger partial charge in [0.2, 0.25) is 0 Å². The number of nitriles is 1. The topological polar surface area (TPSA) is 100 Å². The van der Waals surface area contributed by atoms with Gasteiger partial charge < -0.3 is 14.8 Å². The van der Waals surface area contributed by atoms with E-state index in [4.69, 9.17) is 9.47 Å². The third kappa shape index (κ3) is 4.42. The average Bonchev–Trinajstić information content (AvgIpc) is 3.20. The molecule has 0 atom stereocenters. The van der Waals surface area contributed by atoms with Gasteiger partial charge in [0.25, 0.3) is 5.91 Å². The van der Waals surface area contributed by atoms with Crippen LogP contribution >= 0.6 is 0 Å². The lowest BCUT2D eigenvalue weighted by Gasteiger charge is -2.11. The summed E-state index contributed by atoms with van der Waals surface area (Å²) < 4.78 is 23.6. The van der Waals surface area contributed by atoms with Gasteiger partial charge in [-0.2, -0.15) is 10.4 Å². The van der Waals surface area contributed by atoms with Crippen LogP contribution in [0.2, 0.25) is 0 Å². The number of nitrogens with zero attached hydrogens (tertiary/aromatic N) is 2. The van der Waals surface area contributed by atoms with Crippen molar-refractivity contribution in [1.82, 2.24) is 10.2 Å². The van der Waals surface area contributed by atoms with Gasteiger partial charge in [-0.3, -0.25) is 9.89 Å². The van der Waals surface area contributed by atoms with Crippen LogP contribution in [0.15, 0.2) is 54.2 Å². The fourth-order valence-electron chi connectivity index (χ4n) is 2.66. The zero-order chi connectivity index (χ0) is 20.8. The van der Waals surface area contributed by atoms with Crippen LogP contribution in [-0.2, 0) is 4.79 Å². The average molecular weight is 392 g/mol. The van der Waals surface area contributed by atoms with Crippen LogP contribution in [0.25, 0.3) is 17.3 Å². The molecule has 8 heteroatoms. The molecular formula is C21H17FN4O3. The molecule has 29 heavy (non-hydrogen) atoms. The van der Waals surface area contributed by atoms with Gasteiger partial charge in [0.15, 0.2) is 0 Å². The summed E-state index contributed by atoms with van der Waals surface area (Å²) in [6.07, 6.45) is 2.89. The number of H-pyrrole nitrogens is 1. The van der Waals surface area contributed by atoms with Gasteiger partial charge in [-0.15, -0.1) is 0 Å². The minimum atomic E-state index is -0.620. The molecule has 1 aromatic heterocycles. The Kier molecular flexibility index (Phi) is 5.90. The number of rotatable bonds is 6. The van der Waals surface area contributed by atoms with E-state index in [2.05, 4.69) is 15.5 Å². The van der Waals surface area contributed by atoms with Gasteiger partial charge >= 0.3 is 0 Å². The lowest BCUT2D eigenvalue weighted by molar-refractivity contribution is -0.112. The highest BCUT2D eigenvalue weighted by atomic mass is 19.1. The van der Waals surface area contributed by atoms with E-state index in [1.54, 1.807) is 30.3 Å². The van der Waals surface area contributed by atoms with Gasteiger partial charge in [0.05, 0.1) is 31.8 Å². The van der Waals surface area contributed by atoms with Gasteiger partial charge in [0, 0.05) is 17.2 Å². The highest BCUT2D eigenvalue weighted by Gasteiger charge is 2.15. The quantitative estimate of drug-likeness (QED) is 0.491. The number of hydrogen-bond acceptors (Lipinski definition) is 5. The largest absolute Gasteiger partial charge is 0.497 e. The molecule has 0 saturated carbocycles. The number of aromatic amines is 1. The molecule has 0 unspecified atom stereocenters. The summed E-state index contributed by atoms with van der Waals surface area (Å²) in [7, 11) is 2.98. The van der Waals surface area contributed by atoms with Crippen LogP contribution in [0.3, 0.4) is 0 Å². The first-order chi connectivity index (χ1) is 14.0. The van der Waals surface area contributed by atoms with Crippen LogP contribution in [-0.4, -0.2) is 30.3 Å². The van der Waals surface area contributed by atoms with E-state index in [-0.39, 0.29) is 11.4 Å². The Morgan fingerprint density at radius 1 is 1.21 bits per heavy atom. The Bertz CT molecular complexity index is 1100. The van der Waals surface area contributed by atoms with E-state index >= 15 is 0 Å². The normalized spacial score (nSPS) is 10.9. The minimum Gasteiger partial charge on any atom is -0.497 e. The maximum absolute atomic E-state index is 13.2. The minimum absolute atomic E-state index is 0.139. The number of halogens is 1. The molecule has 1 heterocycles. The second-order valence-electron chi connectivity index (χ2n) is 5.90. The Balaban J connectivity index is 1.90. The number of benzene rings is 2. The van der Waals surface area contributed by atoms with E-state index in [9.17, 15) is 14.4 Å². The summed E-state index contributed by atoms with van der Waals surface area (Å²) in [6.45, 7) is 0. The number of ether oxygens (including phenoxy) is 2. The standard InChI is InChI=1S/C21H17FN4O3/c1-28-17-7-8-19(29-2)18(10-17)25-21(27)14(11-23)9-15-12-24-26-20(15)13-3-5-16(22)6-4-13/h3-10,12H,1-2H3,(H,24,26)(H,25,27)/b14-9+. The molecule has 0 aliphatic rings. The van der Waals surface area contributed by atoms with Crippen molar-refractivity contribution in [3.8, 4) is 28.8 Å². The maximum Gasteiger partial charge on any atom is 0.266 e. The molecule has 2 N–H and O–H groups in total. The van der Waals surface area contributed by atoms with Crippen molar-refractivity contribution in [1.29, 1.82) is 5.26 Å². The number of carbonyl (C=O) groups excluding carboxylic acids is 1. The molecule has 0 aliphatic carbocycles. The second kappa shape index (κ2) is 8.71. The molecule has 2 aromatic carbocycles. The molecule has 1 amide bonds. The number of aromatic nitrogens is 2. The monoisotopic (exact) mass is 392 g/mol. The lowest BCUT2D eigenvalue weighted by atomic mass is 10.1. The molecule has 0 bridgehead atoms. The van der Waals surface area contributed by atoms with E-state index < -0.39 is 5.91 Å². The highest BCUT2D eigenvalue weighted by Crippen LogP contribution is 2.29. The van der Waals surface area contributed by atoms with Crippen molar-refractivity contribution in [2.75, 3.05) is 19.5 Å². The summed E-state index contributed by atoms with van der Waals surface area (Å²) in [5.41, 5.74) is 1.97. The van der Waals surface area contributed by atoms with E-state index in [1.807, 2.05) is 6.07 Å². The van der Waals surface area contributed by atoms with E-state index in [1.165, 1.54) is 38.6 Å². The summed E-state index contributed by atoms with van der Waals surface area (Å²) in [6, 6.07) is 12.6. The fourth-order valence-corrected chi connectivity index (χ4v) is 2.66. The van der Waals surface area contributed by atoms with Gasteiger partial charge in [-0.05, 0) is 42.5 Å². The molecular weight excluding hydrogens is 375 g/mol. The summed E-state index contributed by atoms with van der Waals surface area (Å²) in [4.78, 5) is 12.7. The Morgan fingerprint density at radius 3 is 2.62 bits per heavy atom. The van der Waals surface area contributed by atoms with Crippen LogP contribution < -0.4 is 14.8 Å². The Hall–Kier alpha value is -4.12. The predicted molar refractivity (Wildman–Crippen MR) is 106 cm³/mol. The SMILES string of the molecule is COc1ccc(OC)c(NC(=O)/C(C#N)=C/c2cn[nH]c2-c2ccc(F)cc2)c1. The molecule has 0 saturated heterocycles. The van der Waals surface area contributed by atoms with Gasteiger partial charge in [-0.1, -0.05) is 0 Å². The van der Waals surface area contributed by atoms with Crippen LogP contribution in [0.4, 0.5) is 10.1 Å². The molecule has 3 aromatic rings. The summed E-state index contributed by atoms with van der Waals surface area (Å²) in [5.74, 6) is -0.0382. The van der Waals surface area contributed by atoms with Crippen LogP contribution in [0, 0.1) is 17.1 Å².